The van der Waals surface area contributed by atoms with Crippen LogP contribution in [0, 0.1) is 16.7 Å². The van der Waals surface area contributed by atoms with Gasteiger partial charge in [-0.15, -0.1) is 0 Å². The first-order valence-corrected chi connectivity index (χ1v) is 10.2. The van der Waals surface area contributed by atoms with E-state index in [1.54, 1.807) is 36.4 Å². The van der Waals surface area contributed by atoms with Gasteiger partial charge in [-0.3, -0.25) is 14.4 Å². The molecule has 0 fully saturated rings. The third-order valence-corrected chi connectivity index (χ3v) is 5.04. The Morgan fingerprint density at radius 1 is 1.06 bits per heavy atom. The Kier molecular flexibility index (Phi) is 8.05. The number of rotatable bonds is 9. The highest BCUT2D eigenvalue weighted by Gasteiger charge is 2.40. The molecule has 0 aliphatic heterocycles. The van der Waals surface area contributed by atoms with Gasteiger partial charge in [-0.05, 0) is 36.2 Å². The van der Waals surface area contributed by atoms with Crippen LogP contribution in [0.1, 0.15) is 22.3 Å². The maximum atomic E-state index is 12.9. The summed E-state index contributed by atoms with van der Waals surface area (Å²) in [5, 5.41) is 14.5. The Morgan fingerprint density at radius 3 is 2.26 bits per heavy atom. The highest BCUT2D eigenvalue weighted by atomic mass is 32.2. The molecule has 2 aromatic carbocycles. The fourth-order valence-corrected chi connectivity index (χ4v) is 3.65. The Balaban J connectivity index is 2.36. The quantitative estimate of drug-likeness (QED) is 0.384. The monoisotopic (exact) mass is 440 g/mol. The number of nitrogens with zero attached hydrogens (tertiary/aromatic N) is 1. The van der Waals surface area contributed by atoms with Gasteiger partial charge in [0.2, 0.25) is 28.0 Å². The van der Waals surface area contributed by atoms with Crippen molar-refractivity contribution in [3.05, 3.63) is 65.7 Å². The third kappa shape index (κ3) is 6.80. The summed E-state index contributed by atoms with van der Waals surface area (Å²) >= 11 is 0. The van der Waals surface area contributed by atoms with E-state index >= 15 is 0 Å². The number of anilines is 1. The molecule has 0 heterocycles. The molecule has 0 saturated carbocycles. The van der Waals surface area contributed by atoms with Crippen LogP contribution in [0.15, 0.2) is 54.6 Å². The molecule has 0 aliphatic rings. The Hall–Kier alpha value is -3.97. The predicted molar refractivity (Wildman–Crippen MR) is 114 cm³/mol. The Morgan fingerprint density at radius 2 is 1.71 bits per heavy atom. The van der Waals surface area contributed by atoms with Gasteiger partial charge >= 0.3 is 0 Å². The largest absolute Gasteiger partial charge is 0.366 e. The maximum absolute atomic E-state index is 12.9. The zero-order chi connectivity index (χ0) is 22.9. The van der Waals surface area contributed by atoms with Crippen molar-refractivity contribution in [2.45, 2.75) is 12.8 Å². The summed E-state index contributed by atoms with van der Waals surface area (Å²) < 4.78 is 23.1. The van der Waals surface area contributed by atoms with Gasteiger partial charge in [0.1, 0.15) is 6.54 Å². The number of primary amides is 1. The van der Waals surface area contributed by atoms with E-state index in [1.807, 2.05) is 0 Å². The van der Waals surface area contributed by atoms with Crippen molar-refractivity contribution >= 4 is 39.1 Å². The second kappa shape index (κ2) is 10.7. The number of carbonyl (C=O) groups excluding carboxylic acids is 3. The van der Waals surface area contributed by atoms with Crippen LogP contribution in [-0.4, -0.2) is 38.1 Å². The van der Waals surface area contributed by atoms with Gasteiger partial charge < -0.3 is 16.4 Å². The summed E-state index contributed by atoms with van der Waals surface area (Å²) in [5.74, 6) is -2.01. The van der Waals surface area contributed by atoms with Gasteiger partial charge in [0.05, 0.1) is 16.9 Å². The summed E-state index contributed by atoms with van der Waals surface area (Å²) in [7, 11) is -2.76. The van der Waals surface area contributed by atoms with Crippen molar-refractivity contribution in [2.24, 2.45) is 11.1 Å². The van der Waals surface area contributed by atoms with Crippen LogP contribution in [0.4, 0.5) is 5.69 Å². The third-order valence-electron chi connectivity index (χ3n) is 4.39. The zero-order valence-corrected chi connectivity index (χ0v) is 17.2. The van der Waals surface area contributed by atoms with Gasteiger partial charge in [0.15, 0.2) is 0 Å². The first kappa shape index (κ1) is 23.3. The average molecular weight is 440 g/mol. The predicted octanol–water partition coefficient (Wildman–Crippen LogP) is 0.664. The van der Waals surface area contributed by atoms with Crippen molar-refractivity contribution in [3.63, 3.8) is 0 Å². The maximum Gasteiger partial charge on any atom is 0.248 e. The molecule has 2 rings (SSSR count). The average Bonchev–Trinajstić information content (AvgIpc) is 2.72. The molecule has 160 valence electrons. The minimum Gasteiger partial charge on any atom is -0.366 e. The fraction of sp³-hybridized carbons (Fsp3) is 0.190. The summed E-state index contributed by atoms with van der Waals surface area (Å²) in [6, 6.07) is 16.1. The van der Waals surface area contributed by atoms with E-state index in [0.29, 0.717) is 11.3 Å². The highest BCUT2D eigenvalue weighted by molar-refractivity contribution is 7.71. The number of benzene rings is 2. The van der Waals surface area contributed by atoms with Crippen molar-refractivity contribution in [3.8, 4) is 6.07 Å². The van der Waals surface area contributed by atoms with Gasteiger partial charge in [0.25, 0.3) is 0 Å². The van der Waals surface area contributed by atoms with Crippen LogP contribution in [-0.2, 0) is 26.3 Å². The molecule has 1 atom stereocenters. The molecule has 31 heavy (non-hydrogen) atoms. The normalized spacial score (nSPS) is 12.0. The lowest BCUT2D eigenvalue weighted by atomic mass is 9.79. The molecule has 1 unspecified atom stereocenters. The van der Waals surface area contributed by atoms with Crippen LogP contribution in [0.25, 0.3) is 0 Å². The Labute approximate surface area is 180 Å². The number of nitrogens with one attached hydrogen (secondary N) is 2. The first-order chi connectivity index (χ1) is 14.8. The van der Waals surface area contributed by atoms with E-state index in [-0.39, 0.29) is 18.5 Å². The van der Waals surface area contributed by atoms with Crippen LogP contribution in [0.2, 0.25) is 0 Å². The standard InChI is InChI=1S/C21H20N4O5S/c22-10-11-24-20(28)21(14-31(29)30,12-15-4-2-1-3-5-15)13-18(26)25-17-8-6-16(7-9-17)19(23)27/h1-9,14H,11-13H2,(H2,23,27)(H,24,28)(H,25,26). The van der Waals surface area contributed by atoms with Gasteiger partial charge in [-0.1, -0.05) is 30.3 Å². The van der Waals surface area contributed by atoms with Gasteiger partial charge in [-0.25, -0.2) is 0 Å². The van der Waals surface area contributed by atoms with E-state index in [2.05, 4.69) is 10.6 Å². The number of amides is 3. The molecular weight excluding hydrogens is 420 g/mol. The molecule has 0 saturated heterocycles. The Bertz CT molecular complexity index is 1130. The van der Waals surface area contributed by atoms with E-state index in [0.717, 1.165) is 5.37 Å². The van der Waals surface area contributed by atoms with Crippen molar-refractivity contribution < 1.29 is 22.8 Å². The molecule has 9 nitrogen and oxygen atoms in total. The topological polar surface area (TPSA) is 159 Å². The smallest absolute Gasteiger partial charge is 0.248 e. The zero-order valence-electron chi connectivity index (χ0n) is 16.4. The molecule has 0 spiro atoms. The number of carbonyl (C=O) groups is 3. The van der Waals surface area contributed by atoms with E-state index in [1.165, 1.54) is 24.3 Å². The summed E-state index contributed by atoms with van der Waals surface area (Å²) in [5.41, 5.74) is 4.66. The molecule has 0 aliphatic carbocycles. The second-order valence-corrected chi connectivity index (χ2v) is 7.46. The lowest BCUT2D eigenvalue weighted by molar-refractivity contribution is -0.130. The van der Waals surface area contributed by atoms with Crippen molar-refractivity contribution in [1.29, 1.82) is 5.26 Å². The van der Waals surface area contributed by atoms with Gasteiger partial charge in [0, 0.05) is 17.7 Å². The molecule has 2 aromatic rings. The number of hydrogen-bond acceptors (Lipinski definition) is 6. The number of nitrogens with two attached hydrogens (primary N) is 1. The minimum absolute atomic E-state index is 0.0763. The highest BCUT2D eigenvalue weighted by Crippen LogP contribution is 2.27. The van der Waals surface area contributed by atoms with Crippen LogP contribution in [0.3, 0.4) is 0 Å². The minimum atomic E-state index is -2.76. The fourth-order valence-electron chi connectivity index (χ4n) is 3.01. The molecule has 0 bridgehead atoms. The second-order valence-electron chi connectivity index (χ2n) is 6.70. The molecule has 0 aromatic heterocycles. The molecule has 10 heteroatoms. The van der Waals surface area contributed by atoms with Crippen LogP contribution < -0.4 is 16.4 Å². The molecular formula is C21H20N4O5S. The van der Waals surface area contributed by atoms with E-state index in [9.17, 15) is 22.8 Å². The van der Waals surface area contributed by atoms with Crippen LogP contribution >= 0.6 is 0 Å². The lowest BCUT2D eigenvalue weighted by Crippen LogP contribution is -2.46. The van der Waals surface area contributed by atoms with Crippen molar-refractivity contribution in [2.75, 3.05) is 11.9 Å². The summed E-state index contributed by atoms with van der Waals surface area (Å²) in [4.78, 5) is 36.8. The van der Waals surface area contributed by atoms with Gasteiger partial charge in [-0.2, -0.15) is 13.7 Å². The number of nitriles is 1. The molecule has 0 radical (unpaired) electrons. The van der Waals surface area contributed by atoms with E-state index in [4.69, 9.17) is 11.0 Å². The first-order valence-electron chi connectivity index (χ1n) is 9.09. The molecule has 4 N–H and O–H groups in total. The van der Waals surface area contributed by atoms with E-state index < -0.39 is 39.9 Å². The summed E-state index contributed by atoms with van der Waals surface area (Å²) in [6.07, 6.45) is -0.572. The SMILES string of the molecule is N#CCNC(=O)C(C=S(=O)=O)(CC(=O)Nc1ccc(C(N)=O)cc1)Cc1ccccc1. The number of hydrogen-bond donors (Lipinski definition) is 3. The molecule has 3 amide bonds. The van der Waals surface area contributed by atoms with Crippen molar-refractivity contribution in [1.82, 2.24) is 5.32 Å². The van der Waals surface area contributed by atoms with Crippen LogP contribution in [0.5, 0.6) is 0 Å². The lowest BCUT2D eigenvalue weighted by Gasteiger charge is -2.27. The summed E-state index contributed by atoms with van der Waals surface area (Å²) in [6.45, 7) is -0.342.